The number of hydrogen-bond donors (Lipinski definition) is 1. The van der Waals surface area contributed by atoms with Crippen LogP contribution in [0.3, 0.4) is 0 Å². The van der Waals surface area contributed by atoms with Crippen LogP contribution in [0, 0.1) is 0 Å². The van der Waals surface area contributed by atoms with Crippen molar-refractivity contribution in [2.75, 3.05) is 13.1 Å². The monoisotopic (exact) mass is 348 g/mol. The number of carbonyl (C=O) groups is 1. The second-order valence-corrected chi connectivity index (χ2v) is 7.68. The molecule has 0 atom stereocenters. The Morgan fingerprint density at radius 2 is 1.88 bits per heavy atom. The summed E-state index contributed by atoms with van der Waals surface area (Å²) in [6, 6.07) is 8.10. The highest BCUT2D eigenvalue weighted by Crippen LogP contribution is 2.23. The summed E-state index contributed by atoms with van der Waals surface area (Å²) in [6.07, 6.45) is 5.81. The summed E-state index contributed by atoms with van der Waals surface area (Å²) in [7, 11) is -3.66. The van der Waals surface area contributed by atoms with Crippen LogP contribution in [0.1, 0.15) is 35.2 Å². The molecule has 7 heteroatoms. The van der Waals surface area contributed by atoms with E-state index in [0.717, 1.165) is 24.8 Å². The lowest BCUT2D eigenvalue weighted by molar-refractivity contribution is 0.0947. The predicted molar refractivity (Wildman–Crippen MR) is 88.9 cm³/mol. The topological polar surface area (TPSA) is 79.6 Å². The number of nitrogens with one attached hydrogen (secondary N) is 1. The molecule has 6 nitrogen and oxygen atoms in total. The van der Waals surface area contributed by atoms with Gasteiger partial charge in [-0.1, -0.05) is 18.6 Å². The lowest BCUT2D eigenvalue weighted by Crippen LogP contribution is -2.37. The Bertz CT molecular complexity index is 794. The average molecular weight is 348 g/mol. The average Bonchev–Trinajstić information content (AvgIpc) is 3.14. The highest BCUT2D eigenvalue weighted by molar-refractivity contribution is 7.89. The first-order valence-corrected chi connectivity index (χ1v) is 9.41. The second kappa shape index (κ2) is 7.19. The van der Waals surface area contributed by atoms with Gasteiger partial charge in [0.15, 0.2) is 0 Å². The van der Waals surface area contributed by atoms with E-state index in [9.17, 15) is 13.2 Å². The van der Waals surface area contributed by atoms with Crippen LogP contribution in [0.4, 0.5) is 0 Å². The van der Waals surface area contributed by atoms with E-state index < -0.39 is 15.9 Å². The smallest absolute Gasteiger partial charge is 0.252 e. The van der Waals surface area contributed by atoms with E-state index in [-0.39, 0.29) is 17.0 Å². The third kappa shape index (κ3) is 3.52. The molecule has 1 aromatic heterocycles. The van der Waals surface area contributed by atoms with Crippen molar-refractivity contribution >= 4 is 15.9 Å². The van der Waals surface area contributed by atoms with Gasteiger partial charge in [-0.05, 0) is 31.0 Å². The third-order valence-electron chi connectivity index (χ3n) is 4.10. The van der Waals surface area contributed by atoms with Gasteiger partial charge in [-0.15, -0.1) is 0 Å². The molecular formula is C17H20N2O4S. The maximum Gasteiger partial charge on any atom is 0.252 e. The zero-order valence-electron chi connectivity index (χ0n) is 13.3. The SMILES string of the molecule is O=C(NCc1ccoc1)c1ccccc1S(=O)(=O)N1CCCCC1. The predicted octanol–water partition coefficient (Wildman–Crippen LogP) is 2.38. The molecule has 0 aliphatic carbocycles. The van der Waals surface area contributed by atoms with Crippen molar-refractivity contribution in [3.05, 3.63) is 54.0 Å². The van der Waals surface area contributed by atoms with Crippen molar-refractivity contribution in [1.82, 2.24) is 9.62 Å². The summed E-state index contributed by atoms with van der Waals surface area (Å²) in [5, 5.41) is 2.73. The van der Waals surface area contributed by atoms with Crippen LogP contribution < -0.4 is 5.32 Å². The molecule has 1 fully saturated rings. The van der Waals surface area contributed by atoms with Gasteiger partial charge in [0.2, 0.25) is 10.0 Å². The number of nitrogens with zero attached hydrogens (tertiary/aromatic N) is 1. The van der Waals surface area contributed by atoms with Crippen molar-refractivity contribution in [3.63, 3.8) is 0 Å². The van der Waals surface area contributed by atoms with Gasteiger partial charge in [0.05, 0.1) is 23.0 Å². The van der Waals surface area contributed by atoms with Gasteiger partial charge in [0.1, 0.15) is 0 Å². The molecule has 2 aromatic rings. The van der Waals surface area contributed by atoms with E-state index in [2.05, 4.69) is 5.32 Å². The fourth-order valence-corrected chi connectivity index (χ4v) is 4.50. The molecule has 0 unspecified atom stereocenters. The molecule has 1 N–H and O–H groups in total. The first-order chi connectivity index (χ1) is 11.6. The van der Waals surface area contributed by atoms with Crippen molar-refractivity contribution in [2.45, 2.75) is 30.7 Å². The number of sulfonamides is 1. The Kier molecular flexibility index (Phi) is 5.01. The lowest BCUT2D eigenvalue weighted by Gasteiger charge is -2.26. The highest BCUT2D eigenvalue weighted by Gasteiger charge is 2.29. The first-order valence-electron chi connectivity index (χ1n) is 7.97. The zero-order chi connectivity index (χ0) is 17.0. The fourth-order valence-electron chi connectivity index (χ4n) is 2.79. The number of hydrogen-bond acceptors (Lipinski definition) is 4. The number of amides is 1. The Morgan fingerprint density at radius 1 is 1.12 bits per heavy atom. The highest BCUT2D eigenvalue weighted by atomic mass is 32.2. The minimum atomic E-state index is -3.66. The van der Waals surface area contributed by atoms with Crippen LogP contribution in [-0.4, -0.2) is 31.7 Å². The zero-order valence-corrected chi connectivity index (χ0v) is 14.1. The second-order valence-electron chi connectivity index (χ2n) is 5.78. The molecule has 1 amide bonds. The molecule has 3 rings (SSSR count). The number of furan rings is 1. The maximum atomic E-state index is 12.9. The quantitative estimate of drug-likeness (QED) is 0.900. The van der Waals surface area contributed by atoms with E-state index in [1.165, 1.54) is 22.9 Å². The van der Waals surface area contributed by atoms with Crippen LogP contribution in [0.2, 0.25) is 0 Å². The van der Waals surface area contributed by atoms with Crippen LogP contribution in [0.5, 0.6) is 0 Å². The normalized spacial score (nSPS) is 16.0. The van der Waals surface area contributed by atoms with Crippen molar-refractivity contribution in [3.8, 4) is 0 Å². The van der Waals surface area contributed by atoms with Crippen molar-refractivity contribution in [1.29, 1.82) is 0 Å². The van der Waals surface area contributed by atoms with Crippen molar-refractivity contribution < 1.29 is 17.6 Å². The van der Waals surface area contributed by atoms with E-state index in [1.54, 1.807) is 24.3 Å². The number of benzene rings is 1. The van der Waals surface area contributed by atoms with Crippen LogP contribution in [-0.2, 0) is 16.6 Å². The Hall–Kier alpha value is -2.12. The Labute approximate surface area is 141 Å². The van der Waals surface area contributed by atoms with Gasteiger partial charge in [0.25, 0.3) is 5.91 Å². The molecule has 0 saturated carbocycles. The van der Waals surface area contributed by atoms with Gasteiger partial charge in [-0.2, -0.15) is 4.31 Å². The van der Waals surface area contributed by atoms with Crippen molar-refractivity contribution in [2.24, 2.45) is 0 Å². The maximum absolute atomic E-state index is 12.9. The minimum absolute atomic E-state index is 0.0663. The van der Waals surface area contributed by atoms with Gasteiger partial charge >= 0.3 is 0 Å². The molecule has 1 aliphatic heterocycles. The summed E-state index contributed by atoms with van der Waals surface area (Å²) < 4.78 is 32.2. The molecule has 0 spiro atoms. The number of rotatable bonds is 5. The third-order valence-corrected chi connectivity index (χ3v) is 6.05. The van der Waals surface area contributed by atoms with E-state index in [1.807, 2.05) is 0 Å². The lowest BCUT2D eigenvalue weighted by atomic mass is 10.2. The summed E-state index contributed by atoms with van der Waals surface area (Å²) >= 11 is 0. The Morgan fingerprint density at radius 3 is 2.58 bits per heavy atom. The molecular weight excluding hydrogens is 328 g/mol. The molecule has 1 aromatic carbocycles. The van der Waals surface area contributed by atoms with Gasteiger partial charge in [-0.25, -0.2) is 8.42 Å². The van der Waals surface area contributed by atoms with E-state index in [0.29, 0.717) is 13.1 Å². The Balaban J connectivity index is 1.83. The van der Waals surface area contributed by atoms with E-state index >= 15 is 0 Å². The minimum Gasteiger partial charge on any atom is -0.472 e. The summed E-state index contributed by atoms with van der Waals surface area (Å²) in [5.74, 6) is -0.410. The van der Waals surface area contributed by atoms with Crippen LogP contribution >= 0.6 is 0 Å². The largest absolute Gasteiger partial charge is 0.472 e. The molecule has 2 heterocycles. The van der Waals surface area contributed by atoms with Gasteiger partial charge in [-0.3, -0.25) is 4.79 Å². The number of carbonyl (C=O) groups excluding carboxylic acids is 1. The number of piperidine rings is 1. The van der Waals surface area contributed by atoms with Crippen LogP contribution in [0.15, 0.2) is 52.2 Å². The molecule has 0 radical (unpaired) electrons. The van der Waals surface area contributed by atoms with E-state index in [4.69, 9.17) is 4.42 Å². The fraction of sp³-hybridized carbons (Fsp3) is 0.353. The molecule has 0 bridgehead atoms. The first kappa shape index (κ1) is 16.7. The summed E-state index contributed by atoms with van der Waals surface area (Å²) in [4.78, 5) is 12.5. The van der Waals surface area contributed by atoms with Gasteiger partial charge in [0, 0.05) is 25.2 Å². The molecule has 1 saturated heterocycles. The van der Waals surface area contributed by atoms with Crippen LogP contribution in [0.25, 0.3) is 0 Å². The summed E-state index contributed by atoms with van der Waals surface area (Å²) in [6.45, 7) is 1.30. The standard InChI is InChI=1S/C17H20N2O4S/c20-17(18-12-14-8-11-23-13-14)15-6-2-3-7-16(15)24(21,22)19-9-4-1-5-10-19/h2-3,6-8,11,13H,1,4-5,9-10,12H2,(H,18,20). The summed E-state index contributed by atoms with van der Waals surface area (Å²) in [5.41, 5.74) is 0.992. The molecule has 24 heavy (non-hydrogen) atoms. The molecule has 1 aliphatic rings. The van der Waals surface area contributed by atoms with Gasteiger partial charge < -0.3 is 9.73 Å². The molecule has 128 valence electrons.